The fourth-order valence-corrected chi connectivity index (χ4v) is 2.74. The average molecular weight is 309 g/mol. The summed E-state index contributed by atoms with van der Waals surface area (Å²) in [4.78, 5) is 41.7. The molecule has 1 aromatic carbocycles. The van der Waals surface area contributed by atoms with Crippen LogP contribution in [0.4, 0.5) is 0 Å². The molecule has 1 atom stereocenters. The Morgan fingerprint density at radius 2 is 1.83 bits per heavy atom. The molecule has 6 nitrogen and oxygen atoms in total. The molecular weight excluding hydrogens is 294 g/mol. The van der Waals surface area contributed by atoms with E-state index in [2.05, 4.69) is 4.98 Å². The van der Waals surface area contributed by atoms with Crippen LogP contribution < -0.4 is 5.73 Å². The van der Waals surface area contributed by atoms with Gasteiger partial charge in [0.15, 0.2) is 0 Å². The lowest BCUT2D eigenvalue weighted by Gasteiger charge is -2.34. The maximum Gasteiger partial charge on any atom is 0.296 e. The number of ketones is 1. The lowest BCUT2D eigenvalue weighted by Crippen LogP contribution is -2.53. The SMILES string of the molecule is NC(=O)C1Cc2ccccc2CN1C(=O)C(=O)c1cccnc1. The van der Waals surface area contributed by atoms with Gasteiger partial charge in [-0.15, -0.1) is 0 Å². The number of fused-ring (bicyclic) bond motifs is 1. The number of nitrogens with two attached hydrogens (primary N) is 1. The van der Waals surface area contributed by atoms with Crippen LogP contribution in [0, 0.1) is 0 Å². The zero-order chi connectivity index (χ0) is 16.4. The highest BCUT2D eigenvalue weighted by molar-refractivity contribution is 6.43. The predicted molar refractivity (Wildman–Crippen MR) is 82.2 cm³/mol. The maximum atomic E-state index is 12.6. The van der Waals surface area contributed by atoms with E-state index in [1.165, 1.54) is 23.4 Å². The van der Waals surface area contributed by atoms with Gasteiger partial charge in [-0.25, -0.2) is 0 Å². The van der Waals surface area contributed by atoms with E-state index in [9.17, 15) is 14.4 Å². The molecule has 1 aliphatic rings. The van der Waals surface area contributed by atoms with Crippen molar-refractivity contribution in [1.82, 2.24) is 9.88 Å². The highest BCUT2D eigenvalue weighted by atomic mass is 16.2. The number of carbonyl (C=O) groups is 3. The molecule has 6 heteroatoms. The highest BCUT2D eigenvalue weighted by Gasteiger charge is 2.36. The number of pyridine rings is 1. The summed E-state index contributed by atoms with van der Waals surface area (Å²) in [6.07, 6.45) is 3.17. The summed E-state index contributed by atoms with van der Waals surface area (Å²) in [7, 11) is 0. The standard InChI is InChI=1S/C17H15N3O3/c18-16(22)14-8-11-4-1-2-5-13(11)10-20(14)17(23)15(21)12-6-3-7-19-9-12/h1-7,9,14H,8,10H2,(H2,18,22). The van der Waals surface area contributed by atoms with Crippen LogP contribution in [0.1, 0.15) is 21.5 Å². The first kappa shape index (κ1) is 14.9. The van der Waals surface area contributed by atoms with E-state index in [0.717, 1.165) is 11.1 Å². The van der Waals surface area contributed by atoms with Crippen molar-refractivity contribution in [2.24, 2.45) is 5.73 Å². The maximum absolute atomic E-state index is 12.6. The van der Waals surface area contributed by atoms with Gasteiger partial charge >= 0.3 is 0 Å². The molecule has 2 aromatic rings. The fourth-order valence-electron chi connectivity index (χ4n) is 2.74. The van der Waals surface area contributed by atoms with Crippen LogP contribution in [-0.2, 0) is 22.6 Å². The number of hydrogen-bond acceptors (Lipinski definition) is 4. The van der Waals surface area contributed by atoms with Crippen LogP contribution in [0.25, 0.3) is 0 Å². The van der Waals surface area contributed by atoms with E-state index in [-0.39, 0.29) is 12.1 Å². The van der Waals surface area contributed by atoms with Crippen LogP contribution in [0.3, 0.4) is 0 Å². The second-order valence-corrected chi connectivity index (χ2v) is 5.39. The summed E-state index contributed by atoms with van der Waals surface area (Å²) < 4.78 is 0. The Kier molecular flexibility index (Phi) is 3.89. The van der Waals surface area contributed by atoms with Crippen molar-refractivity contribution in [2.45, 2.75) is 19.0 Å². The van der Waals surface area contributed by atoms with Crippen LogP contribution in [0.2, 0.25) is 0 Å². The molecule has 1 aromatic heterocycles. The smallest absolute Gasteiger partial charge is 0.296 e. The molecule has 0 saturated carbocycles. The summed E-state index contributed by atoms with van der Waals surface area (Å²) >= 11 is 0. The summed E-state index contributed by atoms with van der Waals surface area (Å²) in [6, 6.07) is 9.78. The average Bonchev–Trinajstić information content (AvgIpc) is 2.60. The molecule has 23 heavy (non-hydrogen) atoms. The van der Waals surface area contributed by atoms with Gasteiger partial charge in [-0.05, 0) is 23.3 Å². The minimum atomic E-state index is -0.821. The van der Waals surface area contributed by atoms with Crippen LogP contribution in [0.15, 0.2) is 48.8 Å². The number of nitrogens with zero attached hydrogens (tertiary/aromatic N) is 2. The number of hydrogen-bond donors (Lipinski definition) is 1. The van der Waals surface area contributed by atoms with Gasteiger partial charge in [0.1, 0.15) is 6.04 Å². The van der Waals surface area contributed by atoms with E-state index in [0.29, 0.717) is 6.42 Å². The Bertz CT molecular complexity index is 774. The third kappa shape index (κ3) is 2.83. The minimum Gasteiger partial charge on any atom is -0.368 e. The number of carbonyl (C=O) groups excluding carboxylic acids is 3. The van der Waals surface area contributed by atoms with E-state index in [1.54, 1.807) is 6.07 Å². The van der Waals surface area contributed by atoms with E-state index in [4.69, 9.17) is 5.73 Å². The topological polar surface area (TPSA) is 93.4 Å². The molecule has 0 radical (unpaired) electrons. The zero-order valence-electron chi connectivity index (χ0n) is 12.3. The van der Waals surface area contributed by atoms with Gasteiger partial charge in [0.2, 0.25) is 5.91 Å². The second-order valence-electron chi connectivity index (χ2n) is 5.39. The first-order valence-electron chi connectivity index (χ1n) is 7.19. The number of amides is 2. The number of Topliss-reactive ketones (excluding diaryl/α,β-unsaturated/α-hetero) is 1. The van der Waals surface area contributed by atoms with Gasteiger partial charge in [0.25, 0.3) is 11.7 Å². The van der Waals surface area contributed by atoms with Gasteiger partial charge < -0.3 is 10.6 Å². The zero-order valence-corrected chi connectivity index (χ0v) is 12.3. The number of aromatic nitrogens is 1. The Hall–Kier alpha value is -3.02. The third-order valence-corrected chi connectivity index (χ3v) is 3.96. The number of rotatable bonds is 3. The minimum absolute atomic E-state index is 0.189. The molecule has 2 N–H and O–H groups in total. The first-order chi connectivity index (χ1) is 11.1. The molecule has 1 aliphatic heterocycles. The van der Waals surface area contributed by atoms with E-state index in [1.807, 2.05) is 24.3 Å². The van der Waals surface area contributed by atoms with Crippen molar-refractivity contribution in [1.29, 1.82) is 0 Å². The molecular formula is C17H15N3O3. The summed E-state index contributed by atoms with van der Waals surface area (Å²) in [5.41, 5.74) is 7.51. The van der Waals surface area contributed by atoms with Crippen molar-refractivity contribution in [3.8, 4) is 0 Å². The van der Waals surface area contributed by atoms with Crippen molar-refractivity contribution in [3.63, 3.8) is 0 Å². The fraction of sp³-hybridized carbons (Fsp3) is 0.176. The molecule has 2 amide bonds. The van der Waals surface area contributed by atoms with Crippen LogP contribution in [0.5, 0.6) is 0 Å². The van der Waals surface area contributed by atoms with Crippen molar-refractivity contribution in [3.05, 3.63) is 65.5 Å². The molecule has 116 valence electrons. The molecule has 1 unspecified atom stereocenters. The number of benzene rings is 1. The lowest BCUT2D eigenvalue weighted by molar-refractivity contribution is -0.136. The molecule has 0 bridgehead atoms. The second kappa shape index (κ2) is 6.00. The highest BCUT2D eigenvalue weighted by Crippen LogP contribution is 2.24. The Morgan fingerprint density at radius 1 is 1.09 bits per heavy atom. The molecule has 0 aliphatic carbocycles. The quantitative estimate of drug-likeness (QED) is 0.667. The molecule has 3 rings (SSSR count). The van der Waals surface area contributed by atoms with Gasteiger partial charge in [-0.3, -0.25) is 19.4 Å². The van der Waals surface area contributed by atoms with Crippen LogP contribution >= 0.6 is 0 Å². The Balaban J connectivity index is 1.92. The summed E-state index contributed by atoms with van der Waals surface area (Å²) in [5, 5.41) is 0. The monoisotopic (exact) mass is 309 g/mol. The Labute approximate surface area is 132 Å². The molecule has 2 heterocycles. The number of primary amides is 1. The van der Waals surface area contributed by atoms with Crippen molar-refractivity contribution < 1.29 is 14.4 Å². The molecule has 0 fully saturated rings. The van der Waals surface area contributed by atoms with E-state index >= 15 is 0 Å². The largest absolute Gasteiger partial charge is 0.368 e. The van der Waals surface area contributed by atoms with Gasteiger partial charge in [-0.2, -0.15) is 0 Å². The van der Waals surface area contributed by atoms with Gasteiger partial charge in [0.05, 0.1) is 0 Å². The lowest BCUT2D eigenvalue weighted by atomic mass is 9.93. The summed E-state index contributed by atoms with van der Waals surface area (Å²) in [6.45, 7) is 0.189. The van der Waals surface area contributed by atoms with E-state index < -0.39 is 23.6 Å². The van der Waals surface area contributed by atoms with Crippen molar-refractivity contribution >= 4 is 17.6 Å². The third-order valence-electron chi connectivity index (χ3n) is 3.96. The van der Waals surface area contributed by atoms with Gasteiger partial charge in [-0.1, -0.05) is 24.3 Å². The normalized spacial score (nSPS) is 16.5. The van der Waals surface area contributed by atoms with Crippen LogP contribution in [-0.4, -0.2) is 33.5 Å². The van der Waals surface area contributed by atoms with Crippen molar-refractivity contribution in [2.75, 3.05) is 0 Å². The van der Waals surface area contributed by atoms with Gasteiger partial charge in [0, 0.05) is 30.9 Å². The Morgan fingerprint density at radius 3 is 2.48 bits per heavy atom. The summed E-state index contributed by atoms with van der Waals surface area (Å²) in [5.74, 6) is -2.05. The first-order valence-corrected chi connectivity index (χ1v) is 7.19. The molecule has 0 saturated heterocycles. The molecule has 0 spiro atoms. The predicted octanol–water partition coefficient (Wildman–Crippen LogP) is 0.703.